The summed E-state index contributed by atoms with van der Waals surface area (Å²) in [7, 11) is 2.59. The Kier molecular flexibility index (Phi) is 11.0. The average Bonchev–Trinajstić information content (AvgIpc) is 4.02. The van der Waals surface area contributed by atoms with Gasteiger partial charge in [-0.3, -0.25) is 28.4 Å². The number of carbonyl (C=O) groups is 4. The van der Waals surface area contributed by atoms with Crippen molar-refractivity contribution in [3.8, 4) is 9.75 Å². The van der Waals surface area contributed by atoms with Crippen molar-refractivity contribution >= 4 is 68.3 Å². The van der Waals surface area contributed by atoms with Gasteiger partial charge in [-0.1, -0.05) is 50.4 Å². The molecule has 4 amide bonds. The quantitative estimate of drug-likeness (QED) is 0.174. The fraction of sp³-hybridized carbons (Fsp3) is 0.579. The highest BCUT2D eigenvalue weighted by molar-refractivity contribution is 7.26. The van der Waals surface area contributed by atoms with E-state index in [1.54, 1.807) is 22.7 Å². The summed E-state index contributed by atoms with van der Waals surface area (Å²) < 4.78 is 13.6. The van der Waals surface area contributed by atoms with E-state index in [4.69, 9.17) is 29.4 Å². The molecule has 4 aliphatic heterocycles. The molecule has 0 aromatic carbocycles. The third kappa shape index (κ3) is 7.58. The molecule has 0 radical (unpaired) electrons. The lowest BCUT2D eigenvalue weighted by Gasteiger charge is -2.33. The largest absolute Gasteiger partial charge is 0.453 e. The van der Waals surface area contributed by atoms with Gasteiger partial charge in [-0.25, -0.2) is 19.6 Å². The van der Waals surface area contributed by atoms with E-state index in [-0.39, 0.29) is 47.8 Å². The van der Waals surface area contributed by atoms with Gasteiger partial charge >= 0.3 is 12.2 Å². The highest BCUT2D eigenvalue weighted by Gasteiger charge is 2.42. The fourth-order valence-electron chi connectivity index (χ4n) is 8.43. The number of rotatable bonds is 11. The molecule has 8 heterocycles. The minimum absolute atomic E-state index is 0.0461. The maximum absolute atomic E-state index is 13.6. The Morgan fingerprint density at radius 1 is 0.690 bits per heavy atom. The zero-order valence-electron chi connectivity index (χ0n) is 33.4. The molecule has 310 valence electrons. The van der Waals surface area contributed by atoms with Crippen LogP contribution in [0.4, 0.5) is 9.59 Å². The van der Waals surface area contributed by atoms with Crippen LogP contribution < -0.4 is 21.3 Å². The van der Waals surface area contributed by atoms with Crippen LogP contribution >= 0.6 is 22.7 Å². The van der Waals surface area contributed by atoms with Crippen LogP contribution in [0.3, 0.4) is 0 Å². The molecule has 4 aromatic rings. The van der Waals surface area contributed by atoms with Crippen molar-refractivity contribution in [3.63, 3.8) is 0 Å². The Hall–Kier alpha value is -5.24. The van der Waals surface area contributed by atoms with E-state index >= 15 is 0 Å². The Morgan fingerprint density at radius 2 is 1.10 bits per heavy atom. The van der Waals surface area contributed by atoms with Crippen molar-refractivity contribution in [2.45, 2.75) is 89.6 Å². The number of carbonyl (C=O) groups excluding carboxylic acids is 4. The van der Waals surface area contributed by atoms with Crippen molar-refractivity contribution < 1.29 is 28.7 Å². The van der Waals surface area contributed by atoms with Gasteiger partial charge in [0.15, 0.2) is 9.92 Å². The van der Waals surface area contributed by atoms with E-state index in [1.165, 1.54) is 14.2 Å². The average molecular weight is 835 g/mol. The minimum Gasteiger partial charge on any atom is -0.453 e. The molecule has 20 heteroatoms. The SMILES string of the molecule is COC(=O)N[C@H](C(=O)N1CCCC1[C@@H]1CN=C(c2cn3cc(-c4cn5cc(C6=NCC([C@@H]7CCCN7C(=O)[C@@H](NC(=O)OC)C(C)C)N6)nc5s4)sc3n2)N1)C(C)C. The highest BCUT2D eigenvalue weighted by atomic mass is 32.1. The summed E-state index contributed by atoms with van der Waals surface area (Å²) >= 11 is 3.18. The Bertz CT molecular complexity index is 2050. The number of hydrogen-bond acceptors (Lipinski definition) is 14. The molecule has 4 aliphatic rings. The molecule has 0 saturated carbocycles. The summed E-state index contributed by atoms with van der Waals surface area (Å²) in [5.74, 6) is 1.05. The number of thiazole rings is 2. The molecule has 8 rings (SSSR count). The van der Waals surface area contributed by atoms with Gasteiger partial charge in [-0.05, 0) is 37.5 Å². The smallest absolute Gasteiger partial charge is 0.407 e. The first-order chi connectivity index (χ1) is 27.9. The zero-order valence-corrected chi connectivity index (χ0v) is 35.1. The van der Waals surface area contributed by atoms with Crippen LogP contribution in [0.5, 0.6) is 0 Å². The first-order valence-electron chi connectivity index (χ1n) is 19.8. The molecule has 2 unspecified atom stereocenters. The summed E-state index contributed by atoms with van der Waals surface area (Å²) in [6.07, 6.45) is 10.3. The first-order valence-corrected chi connectivity index (χ1v) is 21.5. The van der Waals surface area contributed by atoms with E-state index in [9.17, 15) is 19.2 Å². The van der Waals surface area contributed by atoms with Crippen LogP contribution in [0.15, 0.2) is 34.8 Å². The van der Waals surface area contributed by atoms with Gasteiger partial charge in [0.2, 0.25) is 11.8 Å². The lowest BCUT2D eigenvalue weighted by Crippen LogP contribution is -2.56. The van der Waals surface area contributed by atoms with Crippen molar-refractivity contribution in [2.24, 2.45) is 21.8 Å². The number of hydrogen-bond donors (Lipinski definition) is 4. The van der Waals surface area contributed by atoms with Gasteiger partial charge in [-0.15, -0.1) is 0 Å². The number of alkyl carbamates (subject to hydrolysis) is 2. The van der Waals surface area contributed by atoms with Crippen LogP contribution in [-0.4, -0.2) is 141 Å². The second kappa shape index (κ2) is 16.2. The van der Waals surface area contributed by atoms with Crippen LogP contribution in [0.1, 0.15) is 64.8 Å². The van der Waals surface area contributed by atoms with E-state index in [2.05, 4.69) is 33.7 Å². The second-order valence-corrected chi connectivity index (χ2v) is 17.9. The molecule has 0 spiro atoms. The minimum atomic E-state index is -0.665. The maximum Gasteiger partial charge on any atom is 0.407 e. The Balaban J connectivity index is 0.889. The number of methoxy groups -OCH3 is 2. The third-order valence-electron chi connectivity index (χ3n) is 11.5. The molecule has 58 heavy (non-hydrogen) atoms. The third-order valence-corrected chi connectivity index (χ3v) is 13.6. The van der Waals surface area contributed by atoms with Gasteiger partial charge in [0, 0.05) is 37.9 Å². The van der Waals surface area contributed by atoms with Crippen molar-refractivity contribution in [3.05, 3.63) is 36.2 Å². The van der Waals surface area contributed by atoms with Gasteiger partial charge in [0.25, 0.3) is 0 Å². The number of aliphatic imine (C=N–C) groups is 2. The molecule has 0 bridgehead atoms. The highest BCUT2D eigenvalue weighted by Crippen LogP contribution is 2.35. The lowest BCUT2D eigenvalue weighted by atomic mass is 10.0. The summed E-state index contributed by atoms with van der Waals surface area (Å²) in [6.45, 7) is 9.98. The lowest BCUT2D eigenvalue weighted by molar-refractivity contribution is -0.136. The normalized spacial score (nSPS) is 23.0. The predicted molar refractivity (Wildman–Crippen MR) is 220 cm³/mol. The Morgan fingerprint density at radius 3 is 1.47 bits per heavy atom. The number of imidazole rings is 2. The van der Waals surface area contributed by atoms with Crippen LogP contribution in [0.2, 0.25) is 0 Å². The molecule has 18 nitrogen and oxygen atoms in total. The molecule has 4 aromatic heterocycles. The van der Waals surface area contributed by atoms with Gasteiger partial charge in [0.05, 0.1) is 61.2 Å². The van der Waals surface area contributed by atoms with Crippen molar-refractivity contribution in [1.29, 1.82) is 0 Å². The number of nitrogens with one attached hydrogen (secondary N) is 4. The van der Waals surface area contributed by atoms with E-state index in [0.717, 1.165) is 56.7 Å². The number of fused-ring (bicyclic) bond motifs is 2. The van der Waals surface area contributed by atoms with E-state index in [1.807, 2.05) is 58.7 Å². The molecular weight excluding hydrogens is 785 g/mol. The number of ether oxygens (including phenoxy) is 2. The maximum atomic E-state index is 13.6. The number of likely N-dealkylation sites (tertiary alicyclic amines) is 2. The second-order valence-electron chi connectivity index (χ2n) is 15.9. The standard InChI is InChI=1S/C38H50N12O6S2/c1-19(2)29(45-37(53)55-5)33(51)49-11-7-9-25(49)21-13-39-31(41-21)23-15-47-17-27(57-35(47)43-23)28-18-48-16-24(44-36(48)58-28)32-40-14-22(42-32)26-10-8-12-50(26)34(52)30(20(3)4)46-38(54)56-6/h15-22,25-26,29-30H,7-14H2,1-6H3,(H,39,41)(H,40,42)(H,45,53)(H,46,54)/t21-,22?,25?,26-,29-,30-/m0/s1. The summed E-state index contributed by atoms with van der Waals surface area (Å²) in [5.41, 5.74) is 1.50. The van der Waals surface area contributed by atoms with Gasteiger partial charge < -0.3 is 40.5 Å². The molecule has 2 saturated heterocycles. The number of amides is 4. The zero-order chi connectivity index (χ0) is 40.8. The molecule has 6 atom stereocenters. The van der Waals surface area contributed by atoms with Crippen LogP contribution in [0, 0.1) is 11.8 Å². The Labute approximate surface area is 343 Å². The fourth-order valence-corrected chi connectivity index (χ4v) is 10.4. The van der Waals surface area contributed by atoms with E-state index in [0.29, 0.717) is 37.9 Å². The van der Waals surface area contributed by atoms with Crippen molar-refractivity contribution in [1.82, 2.24) is 49.8 Å². The molecular formula is C38H50N12O6S2. The van der Waals surface area contributed by atoms with Gasteiger partial charge in [0.1, 0.15) is 35.1 Å². The van der Waals surface area contributed by atoms with Crippen LogP contribution in [0.25, 0.3) is 19.7 Å². The number of nitrogens with zero attached hydrogens (tertiary/aromatic N) is 8. The molecule has 2 fully saturated rings. The monoisotopic (exact) mass is 834 g/mol. The van der Waals surface area contributed by atoms with Crippen LogP contribution in [-0.2, 0) is 19.1 Å². The van der Waals surface area contributed by atoms with Gasteiger partial charge in [-0.2, -0.15) is 0 Å². The number of amidine groups is 2. The predicted octanol–water partition coefficient (Wildman–Crippen LogP) is 2.95. The summed E-state index contributed by atoms with van der Waals surface area (Å²) in [5, 5.41) is 12.5. The van der Waals surface area contributed by atoms with Crippen molar-refractivity contribution in [2.75, 3.05) is 40.4 Å². The first kappa shape index (κ1) is 39.6. The summed E-state index contributed by atoms with van der Waals surface area (Å²) in [4.78, 5) is 78.1. The number of aromatic nitrogens is 4. The van der Waals surface area contributed by atoms with E-state index < -0.39 is 24.3 Å². The topological polar surface area (TPSA) is 201 Å². The molecule has 0 aliphatic carbocycles. The summed E-state index contributed by atoms with van der Waals surface area (Å²) in [6, 6.07) is -1.52. The molecule has 4 N–H and O–H groups in total.